The van der Waals surface area contributed by atoms with Crippen molar-refractivity contribution in [3.05, 3.63) is 35.9 Å². The van der Waals surface area contributed by atoms with Crippen molar-refractivity contribution in [1.82, 2.24) is 4.90 Å². The molecule has 0 saturated carbocycles. The Hall–Kier alpha value is -1.90. The average molecular weight is 246 g/mol. The van der Waals surface area contributed by atoms with E-state index in [2.05, 4.69) is 0 Å². The molecule has 1 heterocycles. The number of aliphatic hydroxyl groups excluding tert-OH is 2. The van der Waals surface area contributed by atoms with Gasteiger partial charge in [-0.15, -0.1) is 0 Å². The molecular weight excluding hydrogens is 232 g/mol. The molecule has 1 aliphatic rings. The van der Waals surface area contributed by atoms with Gasteiger partial charge in [-0.2, -0.15) is 5.26 Å². The van der Waals surface area contributed by atoms with Crippen LogP contribution in [-0.2, 0) is 4.79 Å². The minimum absolute atomic E-state index is 0.0744. The Labute approximate surface area is 105 Å². The smallest absolute Gasteiger partial charge is 0.244 e. The highest BCUT2D eigenvalue weighted by Gasteiger charge is 2.36. The molecule has 1 saturated heterocycles. The van der Waals surface area contributed by atoms with Crippen molar-refractivity contribution >= 4 is 5.91 Å². The zero-order chi connectivity index (χ0) is 13.1. The molecule has 0 radical (unpaired) electrons. The second-order valence-corrected chi connectivity index (χ2v) is 4.35. The van der Waals surface area contributed by atoms with Crippen LogP contribution in [0.1, 0.15) is 11.5 Å². The van der Waals surface area contributed by atoms with Crippen LogP contribution in [0.15, 0.2) is 30.3 Å². The molecule has 3 atom stereocenters. The van der Waals surface area contributed by atoms with Crippen molar-refractivity contribution in [3.8, 4) is 6.07 Å². The number of hydrogen-bond acceptors (Lipinski definition) is 4. The van der Waals surface area contributed by atoms with Crippen LogP contribution in [-0.4, -0.2) is 46.3 Å². The number of aliphatic hydroxyl groups is 2. The molecule has 94 valence electrons. The maximum atomic E-state index is 12.1. The van der Waals surface area contributed by atoms with Crippen LogP contribution in [0.4, 0.5) is 0 Å². The fourth-order valence-electron chi connectivity index (χ4n) is 2.05. The Morgan fingerprint density at radius 1 is 1.28 bits per heavy atom. The molecule has 1 amide bonds. The molecule has 18 heavy (non-hydrogen) atoms. The lowest BCUT2D eigenvalue weighted by molar-refractivity contribution is -0.131. The van der Waals surface area contributed by atoms with Gasteiger partial charge < -0.3 is 15.1 Å². The number of hydrogen-bond donors (Lipinski definition) is 2. The molecule has 5 nitrogen and oxygen atoms in total. The minimum atomic E-state index is -0.927. The molecule has 5 heteroatoms. The van der Waals surface area contributed by atoms with Gasteiger partial charge in [-0.1, -0.05) is 30.3 Å². The lowest BCUT2D eigenvalue weighted by Gasteiger charge is -2.18. The van der Waals surface area contributed by atoms with Crippen LogP contribution in [0.25, 0.3) is 0 Å². The first-order chi connectivity index (χ1) is 8.63. The van der Waals surface area contributed by atoms with E-state index in [9.17, 15) is 15.0 Å². The first-order valence-corrected chi connectivity index (χ1v) is 5.73. The van der Waals surface area contributed by atoms with Crippen molar-refractivity contribution in [2.45, 2.75) is 18.1 Å². The summed E-state index contributed by atoms with van der Waals surface area (Å²) in [7, 11) is 0. The zero-order valence-electron chi connectivity index (χ0n) is 9.73. The lowest BCUT2D eigenvalue weighted by atomic mass is 9.99. The van der Waals surface area contributed by atoms with E-state index in [0.29, 0.717) is 5.56 Å². The van der Waals surface area contributed by atoms with Crippen LogP contribution in [0, 0.1) is 11.3 Å². The normalized spacial score (nSPS) is 24.6. The van der Waals surface area contributed by atoms with Crippen LogP contribution in [0.2, 0.25) is 0 Å². The van der Waals surface area contributed by atoms with Gasteiger partial charge in [0.1, 0.15) is 5.92 Å². The number of β-amino-alcohol motifs (C(OH)–C–C–N with tert-alkyl or cyclic N) is 2. The van der Waals surface area contributed by atoms with Gasteiger partial charge in [0.15, 0.2) is 0 Å². The molecule has 2 N–H and O–H groups in total. The van der Waals surface area contributed by atoms with Crippen LogP contribution in [0.5, 0.6) is 0 Å². The highest BCUT2D eigenvalue weighted by Crippen LogP contribution is 2.20. The summed E-state index contributed by atoms with van der Waals surface area (Å²) < 4.78 is 0. The second-order valence-electron chi connectivity index (χ2n) is 4.35. The van der Waals surface area contributed by atoms with Gasteiger partial charge in [0, 0.05) is 13.1 Å². The third-order valence-corrected chi connectivity index (χ3v) is 3.08. The Morgan fingerprint density at radius 2 is 1.83 bits per heavy atom. The number of likely N-dealkylation sites (tertiary alicyclic amines) is 1. The third kappa shape index (κ3) is 2.35. The summed E-state index contributed by atoms with van der Waals surface area (Å²) in [6.45, 7) is 0.149. The molecule has 1 fully saturated rings. The van der Waals surface area contributed by atoms with E-state index >= 15 is 0 Å². The predicted molar refractivity (Wildman–Crippen MR) is 63.4 cm³/mol. The van der Waals surface area contributed by atoms with E-state index in [0.717, 1.165) is 0 Å². The Morgan fingerprint density at radius 3 is 2.33 bits per heavy atom. The number of carbonyl (C=O) groups excluding carboxylic acids is 1. The maximum absolute atomic E-state index is 12.1. The quantitative estimate of drug-likeness (QED) is 0.760. The van der Waals surface area contributed by atoms with E-state index in [1.165, 1.54) is 4.90 Å². The standard InChI is InChI=1S/C13H14N2O3/c14-6-10(9-4-2-1-3-5-9)13(18)15-7-11(16)12(17)8-15/h1-5,10-12,16-17H,7-8H2. The van der Waals surface area contributed by atoms with Gasteiger partial charge in [0.2, 0.25) is 5.91 Å². The largest absolute Gasteiger partial charge is 0.388 e. The van der Waals surface area contributed by atoms with E-state index in [-0.39, 0.29) is 19.0 Å². The Kier molecular flexibility index (Phi) is 3.60. The van der Waals surface area contributed by atoms with E-state index in [4.69, 9.17) is 5.26 Å². The summed E-state index contributed by atoms with van der Waals surface area (Å²) in [6.07, 6.45) is -1.85. The van der Waals surface area contributed by atoms with Gasteiger partial charge >= 0.3 is 0 Å². The van der Waals surface area contributed by atoms with Gasteiger partial charge in [0.25, 0.3) is 0 Å². The van der Waals surface area contributed by atoms with Gasteiger partial charge in [-0.3, -0.25) is 4.79 Å². The molecule has 1 aromatic carbocycles. The number of carbonyl (C=O) groups is 1. The van der Waals surface area contributed by atoms with Crippen LogP contribution < -0.4 is 0 Å². The first-order valence-electron chi connectivity index (χ1n) is 5.73. The van der Waals surface area contributed by atoms with Crippen LogP contribution in [0.3, 0.4) is 0 Å². The zero-order valence-corrected chi connectivity index (χ0v) is 9.73. The molecule has 0 bridgehead atoms. The Bertz CT molecular complexity index is 459. The molecule has 3 unspecified atom stereocenters. The third-order valence-electron chi connectivity index (χ3n) is 3.08. The number of nitriles is 1. The summed E-state index contributed by atoms with van der Waals surface area (Å²) in [6, 6.07) is 10.7. The van der Waals surface area contributed by atoms with Crippen molar-refractivity contribution in [2.75, 3.05) is 13.1 Å². The Balaban J connectivity index is 2.15. The van der Waals surface area contributed by atoms with Gasteiger partial charge in [-0.25, -0.2) is 0 Å². The van der Waals surface area contributed by atoms with Crippen LogP contribution >= 0.6 is 0 Å². The maximum Gasteiger partial charge on any atom is 0.244 e. The van der Waals surface area contributed by atoms with E-state index in [1.54, 1.807) is 24.3 Å². The minimum Gasteiger partial charge on any atom is -0.388 e. The van der Waals surface area contributed by atoms with Crippen molar-refractivity contribution in [1.29, 1.82) is 5.26 Å². The van der Waals surface area contributed by atoms with Crippen molar-refractivity contribution < 1.29 is 15.0 Å². The summed E-state index contributed by atoms with van der Waals surface area (Å²) in [5.41, 5.74) is 0.626. The monoisotopic (exact) mass is 246 g/mol. The highest BCUT2D eigenvalue weighted by atomic mass is 16.3. The fourth-order valence-corrected chi connectivity index (χ4v) is 2.05. The van der Waals surface area contributed by atoms with Crippen molar-refractivity contribution in [2.24, 2.45) is 0 Å². The molecule has 1 aliphatic heterocycles. The SMILES string of the molecule is N#CC(C(=O)N1CC(O)C(O)C1)c1ccccc1. The summed E-state index contributed by atoms with van der Waals surface area (Å²) >= 11 is 0. The number of rotatable bonds is 2. The molecular formula is C13H14N2O3. The molecule has 1 aromatic rings. The highest BCUT2D eigenvalue weighted by molar-refractivity contribution is 5.86. The second kappa shape index (κ2) is 5.17. The molecule has 0 aromatic heterocycles. The number of benzene rings is 1. The van der Waals surface area contributed by atoms with Crippen molar-refractivity contribution in [3.63, 3.8) is 0 Å². The molecule has 2 rings (SSSR count). The fraction of sp³-hybridized carbons (Fsp3) is 0.385. The first kappa shape index (κ1) is 12.6. The average Bonchev–Trinajstić information content (AvgIpc) is 2.72. The van der Waals surface area contributed by atoms with E-state index < -0.39 is 18.1 Å². The van der Waals surface area contributed by atoms with E-state index in [1.807, 2.05) is 12.1 Å². The van der Waals surface area contributed by atoms with Gasteiger partial charge in [-0.05, 0) is 5.56 Å². The summed E-state index contributed by atoms with van der Waals surface area (Å²) in [5, 5.41) is 28.0. The summed E-state index contributed by atoms with van der Waals surface area (Å²) in [5.74, 6) is -1.26. The molecule has 0 spiro atoms. The predicted octanol–water partition coefficient (Wildman–Crippen LogP) is -0.142. The lowest BCUT2D eigenvalue weighted by Crippen LogP contribution is -2.33. The number of amides is 1. The topological polar surface area (TPSA) is 84.6 Å². The summed E-state index contributed by atoms with van der Waals surface area (Å²) in [4.78, 5) is 13.5. The molecule has 0 aliphatic carbocycles. The van der Waals surface area contributed by atoms with Gasteiger partial charge in [0.05, 0.1) is 18.3 Å². The number of nitrogens with zero attached hydrogens (tertiary/aromatic N) is 2.